The lowest BCUT2D eigenvalue weighted by Gasteiger charge is -2.02. The van der Waals surface area contributed by atoms with Crippen LogP contribution in [-0.2, 0) is 0 Å². The summed E-state index contributed by atoms with van der Waals surface area (Å²) >= 11 is 6.14. The molecular formula is C24H15ClO. The molecule has 0 fully saturated rings. The Kier molecular flexibility index (Phi) is 3.55. The maximum Gasteiger partial charge on any atom is 0.143 e. The van der Waals surface area contributed by atoms with Crippen molar-refractivity contribution in [3.05, 3.63) is 96.0 Å². The van der Waals surface area contributed by atoms with E-state index in [1.165, 1.54) is 0 Å². The lowest BCUT2D eigenvalue weighted by Crippen LogP contribution is -1.78. The summed E-state index contributed by atoms with van der Waals surface area (Å²) in [4.78, 5) is 0. The van der Waals surface area contributed by atoms with E-state index in [1.807, 2.05) is 36.4 Å². The summed E-state index contributed by atoms with van der Waals surface area (Å²) in [6.45, 7) is 0. The Morgan fingerprint density at radius 1 is 0.577 bits per heavy atom. The van der Waals surface area contributed by atoms with Crippen molar-refractivity contribution in [3.63, 3.8) is 0 Å². The average Bonchev–Trinajstić information content (AvgIpc) is 3.06. The van der Waals surface area contributed by atoms with E-state index in [4.69, 9.17) is 16.0 Å². The van der Waals surface area contributed by atoms with Gasteiger partial charge in [-0.25, -0.2) is 0 Å². The van der Waals surface area contributed by atoms with E-state index in [0.717, 1.165) is 49.2 Å². The lowest BCUT2D eigenvalue weighted by molar-refractivity contribution is 0.670. The van der Waals surface area contributed by atoms with Gasteiger partial charge in [-0.2, -0.15) is 0 Å². The number of benzene rings is 4. The summed E-state index contributed by atoms with van der Waals surface area (Å²) in [6.07, 6.45) is 0. The minimum Gasteiger partial charge on any atom is -0.455 e. The summed E-state index contributed by atoms with van der Waals surface area (Å²) in [5.74, 6) is 0. The van der Waals surface area contributed by atoms with Crippen LogP contribution in [0.5, 0.6) is 0 Å². The molecule has 5 aromatic rings. The molecule has 0 N–H and O–H groups in total. The number of rotatable bonds is 2. The first-order chi connectivity index (χ1) is 12.8. The van der Waals surface area contributed by atoms with Gasteiger partial charge >= 0.3 is 0 Å². The molecule has 0 aliphatic heterocycles. The van der Waals surface area contributed by atoms with E-state index >= 15 is 0 Å². The first-order valence-electron chi connectivity index (χ1n) is 8.56. The van der Waals surface area contributed by atoms with Crippen LogP contribution in [0.2, 0.25) is 5.02 Å². The highest BCUT2D eigenvalue weighted by Crippen LogP contribution is 2.37. The Morgan fingerprint density at radius 3 is 2.19 bits per heavy atom. The Labute approximate surface area is 156 Å². The van der Waals surface area contributed by atoms with Gasteiger partial charge in [-0.3, -0.25) is 0 Å². The van der Waals surface area contributed by atoms with Gasteiger partial charge in [0.2, 0.25) is 0 Å². The Hall–Kier alpha value is -3.03. The third kappa shape index (κ3) is 2.49. The third-order valence-corrected chi connectivity index (χ3v) is 4.98. The maximum atomic E-state index is 6.30. The van der Waals surface area contributed by atoms with Gasteiger partial charge in [0, 0.05) is 21.4 Å². The monoisotopic (exact) mass is 354 g/mol. The molecular weight excluding hydrogens is 340 g/mol. The Morgan fingerprint density at radius 2 is 1.35 bits per heavy atom. The summed E-state index contributed by atoms with van der Waals surface area (Å²) in [6, 6.07) is 30.9. The number of halogens is 1. The van der Waals surface area contributed by atoms with Gasteiger partial charge in [-0.1, -0.05) is 78.3 Å². The van der Waals surface area contributed by atoms with E-state index in [2.05, 4.69) is 54.6 Å². The van der Waals surface area contributed by atoms with Crippen LogP contribution >= 0.6 is 11.6 Å². The minimum atomic E-state index is 0.735. The van der Waals surface area contributed by atoms with Crippen molar-refractivity contribution >= 4 is 33.5 Å². The maximum absolute atomic E-state index is 6.30. The molecule has 0 unspecified atom stereocenters. The van der Waals surface area contributed by atoms with Gasteiger partial charge < -0.3 is 4.42 Å². The zero-order valence-electron chi connectivity index (χ0n) is 13.9. The molecule has 0 amide bonds. The topological polar surface area (TPSA) is 13.1 Å². The Balaban J connectivity index is 1.74. The van der Waals surface area contributed by atoms with E-state index < -0.39 is 0 Å². The van der Waals surface area contributed by atoms with Gasteiger partial charge in [0.25, 0.3) is 0 Å². The van der Waals surface area contributed by atoms with Crippen LogP contribution in [0, 0.1) is 0 Å². The molecule has 1 heterocycles. The number of fused-ring (bicyclic) bond motifs is 3. The number of furan rings is 1. The molecule has 0 aliphatic carbocycles. The first kappa shape index (κ1) is 15.2. The standard InChI is InChI=1S/C24H15ClO/c25-19-9-4-8-17(14-19)18-12-13-21-22-11-5-10-20(16-6-2-1-3-7-16)24(22)26-23(21)15-18/h1-15H. The van der Waals surface area contributed by atoms with Gasteiger partial charge in [0.05, 0.1) is 0 Å². The van der Waals surface area contributed by atoms with Crippen molar-refractivity contribution in [3.8, 4) is 22.3 Å². The molecule has 4 aromatic carbocycles. The van der Waals surface area contributed by atoms with Crippen LogP contribution in [0.15, 0.2) is 95.4 Å². The fourth-order valence-corrected chi connectivity index (χ4v) is 3.68. The van der Waals surface area contributed by atoms with E-state index in [9.17, 15) is 0 Å². The van der Waals surface area contributed by atoms with Crippen LogP contribution in [0.25, 0.3) is 44.2 Å². The fourth-order valence-electron chi connectivity index (χ4n) is 3.49. The molecule has 26 heavy (non-hydrogen) atoms. The quantitative estimate of drug-likeness (QED) is 0.318. The van der Waals surface area contributed by atoms with E-state index in [-0.39, 0.29) is 0 Å². The van der Waals surface area contributed by atoms with Gasteiger partial charge in [-0.05, 0) is 41.0 Å². The summed E-state index contributed by atoms with van der Waals surface area (Å²) < 4.78 is 6.30. The molecule has 124 valence electrons. The van der Waals surface area contributed by atoms with Crippen molar-refractivity contribution in [1.29, 1.82) is 0 Å². The lowest BCUT2D eigenvalue weighted by atomic mass is 10.0. The van der Waals surface area contributed by atoms with E-state index in [0.29, 0.717) is 0 Å². The highest BCUT2D eigenvalue weighted by molar-refractivity contribution is 6.30. The number of hydrogen-bond acceptors (Lipinski definition) is 1. The summed E-state index contributed by atoms with van der Waals surface area (Å²) in [5, 5.41) is 3.00. The second-order valence-corrected chi connectivity index (χ2v) is 6.81. The molecule has 0 bridgehead atoms. The van der Waals surface area contributed by atoms with Crippen molar-refractivity contribution < 1.29 is 4.42 Å². The second kappa shape index (κ2) is 6.05. The summed E-state index contributed by atoms with van der Waals surface area (Å²) in [7, 11) is 0. The predicted octanol–water partition coefficient (Wildman–Crippen LogP) is 7.57. The molecule has 0 aliphatic rings. The number of para-hydroxylation sites is 1. The minimum absolute atomic E-state index is 0.735. The van der Waals surface area contributed by atoms with Gasteiger partial charge in [-0.15, -0.1) is 0 Å². The van der Waals surface area contributed by atoms with E-state index in [1.54, 1.807) is 0 Å². The van der Waals surface area contributed by atoms with Crippen LogP contribution in [-0.4, -0.2) is 0 Å². The van der Waals surface area contributed by atoms with Crippen LogP contribution in [0.3, 0.4) is 0 Å². The highest BCUT2D eigenvalue weighted by Gasteiger charge is 2.12. The smallest absolute Gasteiger partial charge is 0.143 e. The zero-order valence-corrected chi connectivity index (χ0v) is 14.7. The van der Waals surface area contributed by atoms with Crippen molar-refractivity contribution in [1.82, 2.24) is 0 Å². The fraction of sp³-hybridized carbons (Fsp3) is 0. The largest absolute Gasteiger partial charge is 0.455 e. The molecule has 2 heteroatoms. The number of hydrogen-bond donors (Lipinski definition) is 0. The van der Waals surface area contributed by atoms with Gasteiger partial charge in [0.15, 0.2) is 0 Å². The SMILES string of the molecule is Clc1cccc(-c2ccc3c(c2)oc2c(-c4ccccc4)cccc23)c1. The Bertz CT molecular complexity index is 1240. The van der Waals surface area contributed by atoms with Crippen LogP contribution in [0.4, 0.5) is 0 Å². The molecule has 1 nitrogen and oxygen atoms in total. The van der Waals surface area contributed by atoms with Crippen molar-refractivity contribution in [2.45, 2.75) is 0 Å². The molecule has 1 aromatic heterocycles. The molecule has 0 spiro atoms. The van der Waals surface area contributed by atoms with Crippen molar-refractivity contribution in [2.24, 2.45) is 0 Å². The zero-order chi connectivity index (χ0) is 17.5. The normalized spacial score (nSPS) is 11.3. The molecule has 0 atom stereocenters. The second-order valence-electron chi connectivity index (χ2n) is 6.37. The van der Waals surface area contributed by atoms with Crippen LogP contribution < -0.4 is 0 Å². The highest BCUT2D eigenvalue weighted by atomic mass is 35.5. The third-order valence-electron chi connectivity index (χ3n) is 4.74. The molecule has 0 radical (unpaired) electrons. The van der Waals surface area contributed by atoms with Crippen molar-refractivity contribution in [2.75, 3.05) is 0 Å². The molecule has 0 saturated carbocycles. The van der Waals surface area contributed by atoms with Gasteiger partial charge in [0.1, 0.15) is 11.2 Å². The molecule has 5 rings (SSSR count). The summed E-state index contributed by atoms with van der Waals surface area (Å²) in [5.41, 5.74) is 6.28. The molecule has 0 saturated heterocycles. The average molecular weight is 355 g/mol. The predicted molar refractivity (Wildman–Crippen MR) is 110 cm³/mol. The first-order valence-corrected chi connectivity index (χ1v) is 8.94. The van der Waals surface area contributed by atoms with Crippen LogP contribution in [0.1, 0.15) is 0 Å².